The molecule has 0 spiro atoms. The van der Waals surface area contributed by atoms with E-state index >= 15 is 0 Å². The highest BCUT2D eigenvalue weighted by atomic mass is 32.2. The quantitative estimate of drug-likeness (QED) is 0.840. The molecule has 1 saturated carbocycles. The first-order chi connectivity index (χ1) is 8.34. The fraction of sp³-hybridized carbons (Fsp3) is 0.545. The molecule has 1 aromatic heterocycles. The van der Waals surface area contributed by atoms with Crippen LogP contribution in [0.15, 0.2) is 17.2 Å². The van der Waals surface area contributed by atoms with E-state index in [1.165, 1.54) is 17.5 Å². The van der Waals surface area contributed by atoms with Crippen LogP contribution in [0.3, 0.4) is 0 Å². The zero-order chi connectivity index (χ0) is 13.5. The van der Waals surface area contributed by atoms with E-state index in [4.69, 9.17) is 5.11 Å². The number of aromatic amines is 1. The maximum absolute atomic E-state index is 12.3. The number of hydrogen-bond acceptors (Lipinski definition) is 3. The number of nitrogens with zero attached hydrogens (tertiary/aromatic N) is 1. The van der Waals surface area contributed by atoms with Crippen molar-refractivity contribution in [1.82, 2.24) is 9.29 Å². The van der Waals surface area contributed by atoms with Gasteiger partial charge in [-0.25, -0.2) is 13.2 Å². The van der Waals surface area contributed by atoms with Crippen molar-refractivity contribution in [3.05, 3.63) is 18.0 Å². The molecule has 0 bridgehead atoms. The van der Waals surface area contributed by atoms with Gasteiger partial charge in [0.15, 0.2) is 0 Å². The van der Waals surface area contributed by atoms with Gasteiger partial charge in [0.05, 0.1) is 0 Å². The molecule has 2 rings (SSSR count). The highest BCUT2D eigenvalue weighted by Gasteiger charge is 2.36. The molecular weight excluding hydrogens is 256 g/mol. The number of nitrogens with one attached hydrogen (secondary N) is 1. The Morgan fingerprint density at radius 2 is 2.17 bits per heavy atom. The van der Waals surface area contributed by atoms with Gasteiger partial charge in [0.25, 0.3) is 0 Å². The van der Waals surface area contributed by atoms with Crippen LogP contribution in [-0.4, -0.2) is 41.9 Å². The molecular formula is C11H16N2O4S. The van der Waals surface area contributed by atoms with Crippen LogP contribution < -0.4 is 0 Å². The predicted molar refractivity (Wildman–Crippen MR) is 64.9 cm³/mol. The molecule has 1 heterocycles. The maximum atomic E-state index is 12.3. The lowest BCUT2D eigenvalue weighted by atomic mass is 10.2. The van der Waals surface area contributed by atoms with Crippen LogP contribution in [0, 0.1) is 5.92 Å². The Morgan fingerprint density at radius 3 is 2.61 bits per heavy atom. The average molecular weight is 272 g/mol. The van der Waals surface area contributed by atoms with Crippen molar-refractivity contribution < 1.29 is 18.3 Å². The number of carboxylic acid groups (broad SMARTS) is 1. The molecule has 18 heavy (non-hydrogen) atoms. The smallest absolute Gasteiger partial charge is 0.352 e. The first-order valence-corrected chi connectivity index (χ1v) is 7.18. The number of sulfonamides is 1. The molecule has 7 heteroatoms. The first-order valence-electron chi connectivity index (χ1n) is 5.74. The van der Waals surface area contributed by atoms with Crippen LogP contribution in [0.2, 0.25) is 0 Å². The molecule has 1 atom stereocenters. The minimum atomic E-state index is -3.62. The minimum Gasteiger partial charge on any atom is -0.477 e. The Morgan fingerprint density at radius 1 is 1.56 bits per heavy atom. The van der Waals surface area contributed by atoms with Crippen LogP contribution in [0.4, 0.5) is 0 Å². The third kappa shape index (κ3) is 2.28. The van der Waals surface area contributed by atoms with Crippen molar-refractivity contribution in [2.24, 2.45) is 5.92 Å². The second-order valence-electron chi connectivity index (χ2n) is 4.65. The van der Waals surface area contributed by atoms with Gasteiger partial charge in [-0.3, -0.25) is 0 Å². The minimum absolute atomic E-state index is 0.00472. The Bertz CT molecular complexity index is 559. The molecule has 1 aliphatic rings. The molecule has 100 valence electrons. The van der Waals surface area contributed by atoms with Crippen molar-refractivity contribution in [2.45, 2.75) is 30.7 Å². The van der Waals surface area contributed by atoms with E-state index in [9.17, 15) is 13.2 Å². The normalized spacial score (nSPS) is 17.9. The summed E-state index contributed by atoms with van der Waals surface area (Å²) in [7, 11) is -2.08. The summed E-state index contributed by atoms with van der Waals surface area (Å²) in [6.07, 6.45) is 3.32. The summed E-state index contributed by atoms with van der Waals surface area (Å²) >= 11 is 0. The summed E-state index contributed by atoms with van der Waals surface area (Å²) in [6.45, 7) is 1.87. The van der Waals surface area contributed by atoms with E-state index in [1.54, 1.807) is 0 Å². The van der Waals surface area contributed by atoms with Crippen LogP contribution in [0.25, 0.3) is 0 Å². The average Bonchev–Trinajstić information content (AvgIpc) is 3.02. The number of carbonyl (C=O) groups is 1. The molecule has 1 aromatic rings. The van der Waals surface area contributed by atoms with Gasteiger partial charge in [-0.05, 0) is 31.7 Å². The summed E-state index contributed by atoms with van der Waals surface area (Å²) in [4.78, 5) is 13.2. The monoisotopic (exact) mass is 272 g/mol. The number of aromatic carboxylic acids is 1. The Labute approximate surface area is 106 Å². The molecule has 1 fully saturated rings. The second-order valence-corrected chi connectivity index (χ2v) is 6.65. The summed E-state index contributed by atoms with van der Waals surface area (Å²) in [5, 5.41) is 8.77. The zero-order valence-electron chi connectivity index (χ0n) is 10.3. The summed E-state index contributed by atoms with van der Waals surface area (Å²) in [5.74, 6) is -0.753. The van der Waals surface area contributed by atoms with Crippen LogP contribution in [0.1, 0.15) is 30.3 Å². The second kappa shape index (κ2) is 4.40. The number of aromatic nitrogens is 1. The first kappa shape index (κ1) is 13.1. The van der Waals surface area contributed by atoms with Gasteiger partial charge in [-0.2, -0.15) is 4.31 Å². The number of H-pyrrole nitrogens is 1. The van der Waals surface area contributed by atoms with Crippen molar-refractivity contribution >= 4 is 16.0 Å². The third-order valence-electron chi connectivity index (χ3n) is 3.44. The molecule has 0 aliphatic heterocycles. The van der Waals surface area contributed by atoms with E-state index in [1.807, 2.05) is 6.92 Å². The van der Waals surface area contributed by atoms with E-state index in [-0.39, 0.29) is 16.6 Å². The molecule has 1 aliphatic carbocycles. The highest BCUT2D eigenvalue weighted by molar-refractivity contribution is 7.89. The van der Waals surface area contributed by atoms with Crippen molar-refractivity contribution in [3.8, 4) is 0 Å². The SMILES string of the molecule is CC(C1CC1)N(C)S(=O)(=O)c1c[nH]c(C(=O)O)c1. The Balaban J connectivity index is 2.26. The maximum Gasteiger partial charge on any atom is 0.352 e. The number of rotatable bonds is 5. The predicted octanol–water partition coefficient (Wildman–Crippen LogP) is 1.13. The summed E-state index contributed by atoms with van der Waals surface area (Å²) in [6, 6.07) is 1.09. The van der Waals surface area contributed by atoms with E-state index < -0.39 is 16.0 Å². The van der Waals surface area contributed by atoms with Crippen molar-refractivity contribution in [1.29, 1.82) is 0 Å². The molecule has 2 N–H and O–H groups in total. The molecule has 0 amide bonds. The lowest BCUT2D eigenvalue weighted by molar-refractivity contribution is 0.0691. The lowest BCUT2D eigenvalue weighted by Crippen LogP contribution is -2.36. The molecule has 6 nitrogen and oxygen atoms in total. The Kier molecular flexibility index (Phi) is 3.20. The lowest BCUT2D eigenvalue weighted by Gasteiger charge is -2.23. The number of carboxylic acids is 1. The topological polar surface area (TPSA) is 90.5 Å². The van der Waals surface area contributed by atoms with Crippen LogP contribution >= 0.6 is 0 Å². The van der Waals surface area contributed by atoms with Crippen molar-refractivity contribution in [2.75, 3.05) is 7.05 Å². The molecule has 0 radical (unpaired) electrons. The summed E-state index contributed by atoms with van der Waals surface area (Å²) in [5.41, 5.74) is -0.124. The fourth-order valence-corrected chi connectivity index (χ4v) is 3.32. The van der Waals surface area contributed by atoms with E-state index in [0.717, 1.165) is 18.9 Å². The standard InChI is InChI=1S/C11H16N2O4S/c1-7(8-3-4-8)13(2)18(16,17)9-5-10(11(14)15)12-6-9/h5-8,12H,3-4H2,1-2H3,(H,14,15). The number of hydrogen-bond donors (Lipinski definition) is 2. The van der Waals surface area contributed by atoms with Gasteiger partial charge >= 0.3 is 5.97 Å². The molecule has 0 aromatic carbocycles. The zero-order valence-corrected chi connectivity index (χ0v) is 11.1. The molecule has 0 saturated heterocycles. The van der Waals surface area contributed by atoms with Crippen LogP contribution in [0.5, 0.6) is 0 Å². The largest absolute Gasteiger partial charge is 0.477 e. The van der Waals surface area contributed by atoms with Gasteiger partial charge in [-0.15, -0.1) is 0 Å². The van der Waals surface area contributed by atoms with E-state index in [0.29, 0.717) is 5.92 Å². The van der Waals surface area contributed by atoms with Gasteiger partial charge in [-0.1, -0.05) is 0 Å². The van der Waals surface area contributed by atoms with Crippen LogP contribution in [-0.2, 0) is 10.0 Å². The van der Waals surface area contributed by atoms with Crippen molar-refractivity contribution in [3.63, 3.8) is 0 Å². The third-order valence-corrected chi connectivity index (χ3v) is 5.36. The Hall–Kier alpha value is -1.34. The van der Waals surface area contributed by atoms with Gasteiger partial charge in [0.2, 0.25) is 10.0 Å². The van der Waals surface area contributed by atoms with E-state index in [2.05, 4.69) is 4.98 Å². The van der Waals surface area contributed by atoms with Gasteiger partial charge in [0, 0.05) is 19.3 Å². The highest BCUT2D eigenvalue weighted by Crippen LogP contribution is 2.36. The van der Waals surface area contributed by atoms with Gasteiger partial charge < -0.3 is 10.1 Å². The fourth-order valence-electron chi connectivity index (χ4n) is 1.91. The van der Waals surface area contributed by atoms with Gasteiger partial charge in [0.1, 0.15) is 10.6 Å². The summed E-state index contributed by atoms with van der Waals surface area (Å²) < 4.78 is 25.8. The molecule has 1 unspecified atom stereocenters.